The van der Waals surface area contributed by atoms with Crippen LogP contribution in [0, 0.1) is 0 Å². The summed E-state index contributed by atoms with van der Waals surface area (Å²) in [4.78, 5) is 0. The molecule has 0 heteroatoms. The highest BCUT2D eigenvalue weighted by molar-refractivity contribution is 6.12. The lowest BCUT2D eigenvalue weighted by molar-refractivity contribution is 0.794. The van der Waals surface area contributed by atoms with Crippen molar-refractivity contribution in [2.75, 3.05) is 0 Å². The summed E-state index contributed by atoms with van der Waals surface area (Å²) in [5.41, 5.74) is 12.0. The van der Waals surface area contributed by atoms with Crippen molar-refractivity contribution in [3.8, 4) is 33.4 Å². The smallest absolute Gasteiger partial charge is 0.0136 e. The van der Waals surface area contributed by atoms with E-state index in [1.807, 2.05) is 0 Å². The summed E-state index contributed by atoms with van der Waals surface area (Å²) in [7, 11) is 0. The van der Waals surface area contributed by atoms with Gasteiger partial charge >= 0.3 is 0 Å². The van der Waals surface area contributed by atoms with Gasteiger partial charge in [-0.3, -0.25) is 0 Å². The van der Waals surface area contributed by atoms with Crippen molar-refractivity contribution in [1.29, 1.82) is 0 Å². The van der Waals surface area contributed by atoms with Gasteiger partial charge in [0.25, 0.3) is 0 Å². The summed E-state index contributed by atoms with van der Waals surface area (Å²) >= 11 is 0. The minimum absolute atomic E-state index is 0.394. The maximum absolute atomic E-state index is 2.40. The van der Waals surface area contributed by atoms with Gasteiger partial charge in [0.15, 0.2) is 0 Å². The number of fused-ring (bicyclic) bond motifs is 5. The molecule has 8 rings (SSSR count). The molecular weight excluding hydrogens is 480 g/mol. The van der Waals surface area contributed by atoms with Crippen LogP contribution in [0.3, 0.4) is 0 Å². The quantitative estimate of drug-likeness (QED) is 0.208. The first-order valence-corrected chi connectivity index (χ1v) is 14.1. The van der Waals surface area contributed by atoms with Crippen LogP contribution in [0.25, 0.3) is 54.9 Å². The lowest BCUT2D eigenvalue weighted by Crippen LogP contribution is -2.12. The number of benzene rings is 7. The molecule has 40 heavy (non-hydrogen) atoms. The van der Waals surface area contributed by atoms with Crippen LogP contribution in [0.5, 0.6) is 0 Å². The summed E-state index contributed by atoms with van der Waals surface area (Å²) in [5, 5.41) is 5.16. The Balaban J connectivity index is 1.21. The van der Waals surface area contributed by atoms with Gasteiger partial charge < -0.3 is 0 Å². The summed E-state index contributed by atoms with van der Waals surface area (Å²) in [6.45, 7) is 0. The highest BCUT2D eigenvalue weighted by atomic mass is 14.3. The van der Waals surface area contributed by atoms with Gasteiger partial charge in [-0.2, -0.15) is 0 Å². The average Bonchev–Trinajstić information content (AvgIpc) is 3.03. The van der Waals surface area contributed by atoms with E-state index in [4.69, 9.17) is 0 Å². The predicted molar refractivity (Wildman–Crippen MR) is 170 cm³/mol. The van der Waals surface area contributed by atoms with E-state index >= 15 is 0 Å². The van der Waals surface area contributed by atoms with Crippen LogP contribution in [0.2, 0.25) is 0 Å². The van der Waals surface area contributed by atoms with E-state index < -0.39 is 0 Å². The Morgan fingerprint density at radius 1 is 0.425 bits per heavy atom. The third kappa shape index (κ3) is 3.76. The molecule has 7 aromatic carbocycles. The zero-order chi connectivity index (χ0) is 26.5. The van der Waals surface area contributed by atoms with E-state index in [-0.39, 0.29) is 0 Å². The molecule has 0 N–H and O–H groups in total. The first kappa shape index (κ1) is 23.0. The van der Waals surface area contributed by atoms with Crippen molar-refractivity contribution < 1.29 is 0 Å². The van der Waals surface area contributed by atoms with E-state index in [9.17, 15) is 0 Å². The molecule has 0 aromatic heterocycles. The van der Waals surface area contributed by atoms with Crippen LogP contribution in [-0.4, -0.2) is 0 Å². The van der Waals surface area contributed by atoms with Gasteiger partial charge in [-0.15, -0.1) is 0 Å². The highest BCUT2D eigenvalue weighted by Gasteiger charge is 2.25. The predicted octanol–water partition coefficient (Wildman–Crippen LogP) is 10.7. The van der Waals surface area contributed by atoms with Gasteiger partial charge in [-0.1, -0.05) is 140 Å². The second-order valence-corrected chi connectivity index (χ2v) is 10.9. The van der Waals surface area contributed by atoms with Crippen molar-refractivity contribution in [1.82, 2.24) is 0 Å². The van der Waals surface area contributed by atoms with Crippen LogP contribution in [-0.2, 0) is 6.42 Å². The monoisotopic (exact) mass is 508 g/mol. The fourth-order valence-electron chi connectivity index (χ4n) is 6.70. The first-order valence-electron chi connectivity index (χ1n) is 14.1. The number of hydrogen-bond acceptors (Lipinski definition) is 0. The Morgan fingerprint density at radius 2 is 1.02 bits per heavy atom. The van der Waals surface area contributed by atoms with Gasteiger partial charge in [0.1, 0.15) is 0 Å². The van der Waals surface area contributed by atoms with Gasteiger partial charge in [0.2, 0.25) is 0 Å². The van der Waals surface area contributed by atoms with E-state index in [0.717, 1.165) is 6.42 Å². The molecule has 0 amide bonds. The molecule has 1 aliphatic carbocycles. The normalized spacial score (nSPS) is 14.2. The second kappa shape index (κ2) is 9.36. The lowest BCUT2D eigenvalue weighted by atomic mass is 9.75. The molecule has 1 aliphatic rings. The van der Waals surface area contributed by atoms with Crippen molar-refractivity contribution in [2.24, 2.45) is 0 Å². The third-order valence-corrected chi connectivity index (χ3v) is 8.64. The molecule has 0 spiro atoms. The minimum Gasteiger partial charge on any atom is -0.0622 e. The summed E-state index contributed by atoms with van der Waals surface area (Å²) in [5.74, 6) is 0.394. The maximum Gasteiger partial charge on any atom is 0.0136 e. The standard InChI is InChI=1S/C40H28/c1-2-10-28(11-3-1)38-26-33-23-22-30(25-39(33)37-17-9-8-16-36(37)38)27-18-20-29(21-19-27)40-34-14-6-4-12-31(34)24-32-13-5-7-15-35(32)40/h1-25,38H,26H2. The molecule has 1 atom stereocenters. The molecule has 0 aliphatic heterocycles. The molecule has 0 heterocycles. The molecular formula is C40H28. The number of hydrogen-bond donors (Lipinski definition) is 0. The van der Waals surface area contributed by atoms with Crippen molar-refractivity contribution in [2.45, 2.75) is 12.3 Å². The Bertz CT molecular complexity index is 1960. The van der Waals surface area contributed by atoms with Crippen LogP contribution >= 0.6 is 0 Å². The summed E-state index contributed by atoms with van der Waals surface area (Å²) in [6.07, 6.45) is 1.03. The average molecular weight is 509 g/mol. The van der Waals surface area contributed by atoms with Crippen LogP contribution in [0.4, 0.5) is 0 Å². The fourth-order valence-corrected chi connectivity index (χ4v) is 6.70. The Kier molecular flexibility index (Phi) is 5.38. The minimum atomic E-state index is 0.394. The van der Waals surface area contributed by atoms with Crippen LogP contribution in [0.15, 0.2) is 152 Å². The van der Waals surface area contributed by atoms with Crippen molar-refractivity contribution in [3.05, 3.63) is 168 Å². The van der Waals surface area contributed by atoms with Gasteiger partial charge in [-0.25, -0.2) is 0 Å². The van der Waals surface area contributed by atoms with Crippen LogP contribution in [0.1, 0.15) is 22.6 Å². The van der Waals surface area contributed by atoms with Crippen molar-refractivity contribution in [3.63, 3.8) is 0 Å². The zero-order valence-corrected chi connectivity index (χ0v) is 22.2. The van der Waals surface area contributed by atoms with Gasteiger partial charge in [0.05, 0.1) is 0 Å². The lowest BCUT2D eigenvalue weighted by Gasteiger charge is -2.29. The van der Waals surface area contributed by atoms with Gasteiger partial charge in [-0.05, 0) is 90.2 Å². The molecule has 0 fully saturated rings. The van der Waals surface area contributed by atoms with E-state index in [0.29, 0.717) is 5.92 Å². The molecule has 0 radical (unpaired) electrons. The fraction of sp³-hybridized carbons (Fsp3) is 0.0500. The van der Waals surface area contributed by atoms with Crippen LogP contribution < -0.4 is 0 Å². The van der Waals surface area contributed by atoms with E-state index in [1.165, 1.54) is 71.6 Å². The maximum atomic E-state index is 2.40. The first-order chi connectivity index (χ1) is 19.8. The highest BCUT2D eigenvalue weighted by Crippen LogP contribution is 2.44. The molecule has 0 saturated heterocycles. The molecule has 0 saturated carbocycles. The second-order valence-electron chi connectivity index (χ2n) is 10.9. The van der Waals surface area contributed by atoms with E-state index in [2.05, 4.69) is 152 Å². The summed E-state index contributed by atoms with van der Waals surface area (Å²) in [6, 6.07) is 55.9. The topological polar surface area (TPSA) is 0 Å². The Hall–Kier alpha value is -4.94. The molecule has 0 bridgehead atoms. The Labute approximate surface area is 235 Å². The van der Waals surface area contributed by atoms with Crippen molar-refractivity contribution >= 4 is 21.5 Å². The number of rotatable bonds is 3. The largest absolute Gasteiger partial charge is 0.0622 e. The molecule has 7 aromatic rings. The Morgan fingerprint density at radius 3 is 1.77 bits per heavy atom. The zero-order valence-electron chi connectivity index (χ0n) is 22.2. The summed E-state index contributed by atoms with van der Waals surface area (Å²) < 4.78 is 0. The molecule has 1 unspecified atom stereocenters. The van der Waals surface area contributed by atoms with E-state index in [1.54, 1.807) is 0 Å². The van der Waals surface area contributed by atoms with Gasteiger partial charge in [0, 0.05) is 5.92 Å². The molecule has 0 nitrogen and oxygen atoms in total. The SMILES string of the molecule is c1ccc(C2Cc3ccc(-c4ccc(-c5c6ccccc6cc6ccccc56)cc4)cc3-c3ccccc32)cc1. The molecule has 188 valence electrons. The third-order valence-electron chi connectivity index (χ3n) is 8.64.